The Kier molecular flexibility index (Phi) is 6.34. The summed E-state index contributed by atoms with van der Waals surface area (Å²) in [6, 6.07) is 6.59. The molecule has 3 unspecified atom stereocenters. The summed E-state index contributed by atoms with van der Waals surface area (Å²) in [5.74, 6) is 1.55. The minimum Gasteiger partial charge on any atom is -0.493 e. The van der Waals surface area contributed by atoms with Crippen molar-refractivity contribution in [1.29, 1.82) is 0 Å². The van der Waals surface area contributed by atoms with Crippen LogP contribution in [0, 0.1) is 0 Å². The molecule has 5 heteroatoms. The molecule has 2 bridgehead atoms. The summed E-state index contributed by atoms with van der Waals surface area (Å²) in [6.07, 6.45) is 5.40. The lowest BCUT2D eigenvalue weighted by Gasteiger charge is -2.31. The molecule has 25 heavy (non-hydrogen) atoms. The summed E-state index contributed by atoms with van der Waals surface area (Å²) in [4.78, 5) is 2.53. The predicted octanol–water partition coefficient (Wildman–Crippen LogP) is 2.68. The molecule has 0 amide bonds. The highest BCUT2D eigenvalue weighted by Crippen LogP contribution is 2.32. The van der Waals surface area contributed by atoms with Gasteiger partial charge in [-0.2, -0.15) is 0 Å². The smallest absolute Gasteiger partial charge is 0.160 e. The number of hydrogen-bond acceptors (Lipinski definition) is 5. The van der Waals surface area contributed by atoms with Gasteiger partial charge in [0.05, 0.1) is 39.6 Å². The largest absolute Gasteiger partial charge is 0.493 e. The van der Waals surface area contributed by atoms with E-state index in [4.69, 9.17) is 18.9 Å². The zero-order chi connectivity index (χ0) is 17.6. The van der Waals surface area contributed by atoms with E-state index in [0.717, 1.165) is 50.5 Å². The van der Waals surface area contributed by atoms with Crippen LogP contribution < -0.4 is 9.47 Å². The average molecular weight is 347 g/mol. The first-order valence-corrected chi connectivity index (χ1v) is 9.06. The fourth-order valence-electron chi connectivity index (χ4n) is 3.95. The lowest BCUT2D eigenvalue weighted by Crippen LogP contribution is -2.44. The first-order chi connectivity index (χ1) is 12.3. The third-order valence-electron chi connectivity index (χ3n) is 5.21. The van der Waals surface area contributed by atoms with Gasteiger partial charge in [0, 0.05) is 19.1 Å². The highest BCUT2D eigenvalue weighted by molar-refractivity contribution is 5.42. The van der Waals surface area contributed by atoms with Crippen LogP contribution in [0.2, 0.25) is 0 Å². The predicted molar refractivity (Wildman–Crippen MR) is 97.5 cm³/mol. The molecule has 0 radical (unpaired) electrons. The fourth-order valence-corrected chi connectivity index (χ4v) is 3.95. The maximum atomic E-state index is 6.03. The van der Waals surface area contributed by atoms with Crippen LogP contribution in [0.1, 0.15) is 18.4 Å². The molecular weight excluding hydrogens is 318 g/mol. The minimum atomic E-state index is 0.158. The average Bonchev–Trinajstić information content (AvgIpc) is 2.95. The Morgan fingerprint density at radius 3 is 2.84 bits per heavy atom. The Hall–Kier alpha value is -1.56. The van der Waals surface area contributed by atoms with E-state index in [1.54, 1.807) is 14.2 Å². The molecule has 1 saturated carbocycles. The molecule has 2 fully saturated rings. The molecule has 1 aliphatic carbocycles. The molecule has 5 nitrogen and oxygen atoms in total. The number of benzene rings is 1. The Morgan fingerprint density at radius 2 is 2.08 bits per heavy atom. The molecular formula is C20H29NO4. The molecule has 3 rings (SSSR count). The Balaban J connectivity index is 1.64. The number of rotatable bonds is 8. The lowest BCUT2D eigenvalue weighted by molar-refractivity contribution is -0.0443. The van der Waals surface area contributed by atoms with Gasteiger partial charge in [0.15, 0.2) is 11.5 Å². The zero-order valence-electron chi connectivity index (χ0n) is 15.3. The van der Waals surface area contributed by atoms with Gasteiger partial charge in [0.25, 0.3) is 0 Å². The van der Waals surface area contributed by atoms with Crippen LogP contribution in [-0.2, 0) is 15.9 Å². The van der Waals surface area contributed by atoms with Gasteiger partial charge in [-0.1, -0.05) is 12.1 Å². The molecule has 2 aliphatic rings. The van der Waals surface area contributed by atoms with E-state index in [2.05, 4.69) is 23.6 Å². The molecule has 0 spiro atoms. The molecule has 138 valence electrons. The Labute approximate surface area is 150 Å². The van der Waals surface area contributed by atoms with E-state index < -0.39 is 0 Å². The normalized spacial score (nSPS) is 26.2. The second-order valence-corrected chi connectivity index (χ2v) is 6.62. The molecule has 0 aromatic heterocycles. The number of methoxy groups -OCH3 is 2. The summed E-state index contributed by atoms with van der Waals surface area (Å²) in [6.45, 7) is 7.08. The van der Waals surface area contributed by atoms with Gasteiger partial charge in [0.1, 0.15) is 0 Å². The standard InChI is InChI=1S/C20H29NO4/c1-4-12-25-20-16-6-8-18(20)24-13-11-21(16)10-9-15-5-7-17(22-2)19(14-15)23-3/h4-5,7,14,16,18,20H,1,6,8-13H2,2-3H3. The van der Waals surface area contributed by atoms with Gasteiger partial charge in [0.2, 0.25) is 0 Å². The van der Waals surface area contributed by atoms with Gasteiger partial charge >= 0.3 is 0 Å². The Morgan fingerprint density at radius 1 is 1.24 bits per heavy atom. The van der Waals surface area contributed by atoms with Crippen LogP contribution in [0.15, 0.2) is 30.9 Å². The van der Waals surface area contributed by atoms with Gasteiger partial charge in [-0.05, 0) is 37.0 Å². The SMILES string of the molecule is C=CCOC1C2CCC1N(CCc1ccc(OC)c(OC)c1)CCO2. The van der Waals surface area contributed by atoms with Gasteiger partial charge in [-0.15, -0.1) is 6.58 Å². The number of ether oxygens (including phenoxy) is 4. The van der Waals surface area contributed by atoms with Crippen LogP contribution in [-0.4, -0.2) is 63.7 Å². The number of hydrogen-bond donors (Lipinski definition) is 0. The molecule has 1 heterocycles. The van der Waals surface area contributed by atoms with Gasteiger partial charge in [-0.25, -0.2) is 0 Å². The summed E-state index contributed by atoms with van der Waals surface area (Å²) in [7, 11) is 3.34. The topological polar surface area (TPSA) is 40.2 Å². The maximum Gasteiger partial charge on any atom is 0.160 e. The van der Waals surface area contributed by atoms with Crippen molar-refractivity contribution in [3.63, 3.8) is 0 Å². The van der Waals surface area contributed by atoms with Gasteiger partial charge in [-0.3, -0.25) is 4.90 Å². The quantitative estimate of drug-likeness (QED) is 0.676. The van der Waals surface area contributed by atoms with Crippen LogP contribution in [0.5, 0.6) is 11.5 Å². The van der Waals surface area contributed by atoms with Crippen LogP contribution in [0.25, 0.3) is 0 Å². The van der Waals surface area contributed by atoms with E-state index in [1.165, 1.54) is 5.56 Å². The van der Waals surface area contributed by atoms with Crippen LogP contribution in [0.3, 0.4) is 0 Å². The second-order valence-electron chi connectivity index (χ2n) is 6.62. The van der Waals surface area contributed by atoms with Gasteiger partial charge < -0.3 is 18.9 Å². The summed E-state index contributed by atoms with van der Waals surface area (Å²) in [5.41, 5.74) is 1.25. The van der Waals surface area contributed by atoms with Crippen molar-refractivity contribution in [2.24, 2.45) is 0 Å². The van der Waals surface area contributed by atoms with Crippen molar-refractivity contribution in [1.82, 2.24) is 4.90 Å². The summed E-state index contributed by atoms with van der Waals surface area (Å²) < 4.78 is 22.8. The molecule has 1 aromatic carbocycles. The molecule has 1 aromatic rings. The van der Waals surface area contributed by atoms with Crippen molar-refractivity contribution in [3.05, 3.63) is 36.4 Å². The first kappa shape index (κ1) is 18.2. The molecule has 0 N–H and O–H groups in total. The molecule has 1 aliphatic heterocycles. The third kappa shape index (κ3) is 4.17. The molecule has 3 atom stereocenters. The van der Waals surface area contributed by atoms with E-state index in [0.29, 0.717) is 12.6 Å². The van der Waals surface area contributed by atoms with Crippen LogP contribution in [0.4, 0.5) is 0 Å². The zero-order valence-corrected chi connectivity index (χ0v) is 15.3. The lowest BCUT2D eigenvalue weighted by atomic mass is 10.1. The maximum absolute atomic E-state index is 6.03. The first-order valence-electron chi connectivity index (χ1n) is 9.06. The fraction of sp³-hybridized carbons (Fsp3) is 0.600. The number of nitrogens with zero attached hydrogens (tertiary/aromatic N) is 1. The van der Waals surface area contributed by atoms with E-state index in [9.17, 15) is 0 Å². The van der Waals surface area contributed by atoms with Crippen molar-refractivity contribution in [3.8, 4) is 11.5 Å². The minimum absolute atomic E-state index is 0.158. The number of fused-ring (bicyclic) bond motifs is 2. The Bertz CT molecular complexity index is 577. The highest BCUT2D eigenvalue weighted by Gasteiger charge is 2.42. The summed E-state index contributed by atoms with van der Waals surface area (Å²) in [5, 5.41) is 0. The van der Waals surface area contributed by atoms with Crippen molar-refractivity contribution in [2.75, 3.05) is 40.5 Å². The van der Waals surface area contributed by atoms with E-state index in [-0.39, 0.29) is 12.2 Å². The van der Waals surface area contributed by atoms with E-state index >= 15 is 0 Å². The second kappa shape index (κ2) is 8.70. The molecule has 1 saturated heterocycles. The summed E-state index contributed by atoms with van der Waals surface area (Å²) >= 11 is 0. The van der Waals surface area contributed by atoms with Crippen molar-refractivity contribution in [2.45, 2.75) is 37.5 Å². The van der Waals surface area contributed by atoms with Crippen molar-refractivity contribution < 1.29 is 18.9 Å². The van der Waals surface area contributed by atoms with Crippen LogP contribution >= 0.6 is 0 Å². The monoisotopic (exact) mass is 347 g/mol. The van der Waals surface area contributed by atoms with Crippen molar-refractivity contribution >= 4 is 0 Å². The highest BCUT2D eigenvalue weighted by atomic mass is 16.5. The third-order valence-corrected chi connectivity index (χ3v) is 5.21. The van der Waals surface area contributed by atoms with E-state index in [1.807, 2.05) is 12.1 Å².